The molecular formula is C55H54N6O10S. The molecule has 2 aliphatic rings. The van der Waals surface area contributed by atoms with E-state index < -0.39 is 90.1 Å². The molecule has 2 aliphatic heterocycles. The molecule has 2 bridgehead atoms. The summed E-state index contributed by atoms with van der Waals surface area (Å²) in [6.45, 7) is 1.09. The largest absolute Gasteiger partial charge is 0.480 e. The van der Waals surface area contributed by atoms with E-state index >= 15 is 0 Å². The van der Waals surface area contributed by atoms with Gasteiger partial charge in [-0.3, -0.25) is 33.6 Å². The molecule has 7 N–H and O–H groups in total. The molecule has 0 spiro atoms. The van der Waals surface area contributed by atoms with Crippen molar-refractivity contribution in [3.8, 4) is 11.1 Å². The highest BCUT2D eigenvalue weighted by Crippen LogP contribution is 2.21. The Balaban J connectivity index is 1.27. The molecule has 5 aromatic carbocycles. The number of esters is 1. The Morgan fingerprint density at radius 3 is 1.71 bits per heavy atom. The predicted molar refractivity (Wildman–Crippen MR) is 270 cm³/mol. The third-order valence-electron chi connectivity index (χ3n) is 11.8. The third-order valence-corrected chi connectivity index (χ3v) is 12.7. The van der Waals surface area contributed by atoms with Crippen molar-refractivity contribution in [3.63, 3.8) is 0 Å². The number of anilines is 1. The normalized spacial score (nSPS) is 19.5. The number of carbonyl (C=O) groups excluding carboxylic acids is 7. The van der Waals surface area contributed by atoms with Gasteiger partial charge in [0.05, 0.1) is 6.42 Å². The van der Waals surface area contributed by atoms with Crippen molar-refractivity contribution in [2.24, 2.45) is 0 Å². The number of rotatable bonds is 13. The van der Waals surface area contributed by atoms with E-state index in [-0.39, 0.29) is 37.8 Å². The molecule has 0 fully saturated rings. The van der Waals surface area contributed by atoms with Crippen LogP contribution < -0.4 is 31.9 Å². The van der Waals surface area contributed by atoms with E-state index in [2.05, 4.69) is 31.9 Å². The number of fused-ring (bicyclic) bond motifs is 18. The average molecular weight is 991 g/mol. The fourth-order valence-corrected chi connectivity index (χ4v) is 8.90. The van der Waals surface area contributed by atoms with Gasteiger partial charge in [-0.1, -0.05) is 133 Å². The van der Waals surface area contributed by atoms with Crippen LogP contribution in [0.5, 0.6) is 0 Å². The molecular weight excluding hydrogens is 937 g/mol. The standard InChI is InChI=1S/C55H54N6O10S/c1-34(62)71-48-33-49(63)57-46(32-42-18-11-27-72-42)53(67)60-44(29-37-19-23-40(24-20-37)39-16-9-4-10-17-39)51(65)58-43(28-35-12-5-2-6-13-35)50(64)59-45(30-38-21-25-41(26-22-38)56-54(48)68)52(66)61-47(55(69)70)31-36-14-7-3-8-15-36/h2-27,43-48H,28-33H2,1H3,(H,56,68)(H,57,63)(H,58,65)(H,59,64)(H,60,67)(H,61,66)(H,69,70)/t43-,44+,45-,46-,47-,48+/m0/s1. The van der Waals surface area contributed by atoms with Crippen LogP contribution in [-0.4, -0.2) is 88.8 Å². The van der Waals surface area contributed by atoms with Gasteiger partial charge in [0.15, 0.2) is 6.10 Å². The Kier molecular flexibility index (Phi) is 17.8. The molecule has 0 radical (unpaired) electrons. The SMILES string of the molecule is CC(=O)O[C@@H]1CC(=O)N[C@@H](Cc2cccs2)C(=O)N[C@H](Cc2ccc(-c3ccccc3)cc2)C(=O)N[C@@H](Cc2ccccc2)C(=O)N[C@H](C(=O)N[C@@H](Cc2ccccc2)C(=O)O)Cc2ccc(cc2)NC1=O. The van der Waals surface area contributed by atoms with Crippen LogP contribution in [0.3, 0.4) is 0 Å². The van der Waals surface area contributed by atoms with E-state index in [1.165, 1.54) is 23.5 Å². The van der Waals surface area contributed by atoms with Gasteiger partial charge in [-0.25, -0.2) is 4.79 Å². The molecule has 8 rings (SSSR count). The maximum absolute atomic E-state index is 14.8. The van der Waals surface area contributed by atoms with Crippen LogP contribution in [0.25, 0.3) is 11.1 Å². The van der Waals surface area contributed by atoms with Gasteiger partial charge in [0, 0.05) is 49.6 Å². The van der Waals surface area contributed by atoms with Crippen LogP contribution in [0.2, 0.25) is 0 Å². The number of thiophene rings is 1. The van der Waals surface area contributed by atoms with Crippen molar-refractivity contribution in [3.05, 3.63) is 184 Å². The Hall–Kier alpha value is -8.44. The highest BCUT2D eigenvalue weighted by molar-refractivity contribution is 7.09. The van der Waals surface area contributed by atoms with Crippen molar-refractivity contribution in [2.75, 3.05) is 5.32 Å². The average Bonchev–Trinajstić information content (AvgIpc) is 3.89. The fourth-order valence-electron chi connectivity index (χ4n) is 8.15. The smallest absolute Gasteiger partial charge is 0.326 e. The molecule has 0 unspecified atom stereocenters. The molecule has 6 amide bonds. The van der Waals surface area contributed by atoms with Crippen molar-refractivity contribution in [1.82, 2.24) is 26.6 Å². The van der Waals surface area contributed by atoms with E-state index in [1.54, 1.807) is 90.3 Å². The third kappa shape index (κ3) is 15.0. The van der Waals surface area contributed by atoms with Crippen LogP contribution in [0.4, 0.5) is 5.69 Å². The highest BCUT2D eigenvalue weighted by Gasteiger charge is 2.35. The molecule has 6 atom stereocenters. The first-order valence-electron chi connectivity index (χ1n) is 23.3. The second-order valence-corrected chi connectivity index (χ2v) is 18.4. The lowest BCUT2D eigenvalue weighted by Gasteiger charge is -2.27. The highest BCUT2D eigenvalue weighted by atomic mass is 32.1. The summed E-state index contributed by atoms with van der Waals surface area (Å²) in [5.74, 6) is -6.93. The minimum atomic E-state index is -1.62. The van der Waals surface area contributed by atoms with Crippen molar-refractivity contribution in [1.29, 1.82) is 0 Å². The zero-order chi connectivity index (χ0) is 51.0. The van der Waals surface area contributed by atoms with Gasteiger partial charge in [0.2, 0.25) is 29.5 Å². The van der Waals surface area contributed by atoms with Gasteiger partial charge in [-0.15, -0.1) is 11.3 Å². The Labute approximate surface area is 420 Å². The van der Waals surface area contributed by atoms with Crippen molar-refractivity contribution in [2.45, 2.75) is 81.8 Å². The maximum Gasteiger partial charge on any atom is 0.326 e. The quantitative estimate of drug-likeness (QED) is 0.0622. The van der Waals surface area contributed by atoms with E-state index in [1.807, 2.05) is 54.6 Å². The van der Waals surface area contributed by atoms with Gasteiger partial charge in [-0.2, -0.15) is 0 Å². The first kappa shape index (κ1) is 51.4. The minimum Gasteiger partial charge on any atom is -0.480 e. The Morgan fingerprint density at radius 1 is 0.597 bits per heavy atom. The Morgan fingerprint density at radius 2 is 1.14 bits per heavy atom. The van der Waals surface area contributed by atoms with Gasteiger partial charge in [-0.05, 0) is 57.0 Å². The number of hydrogen-bond donors (Lipinski definition) is 7. The summed E-state index contributed by atoms with van der Waals surface area (Å²) in [5, 5.41) is 28.4. The van der Waals surface area contributed by atoms with Crippen molar-refractivity contribution >= 4 is 64.4 Å². The summed E-state index contributed by atoms with van der Waals surface area (Å²) in [5.41, 5.74) is 4.51. The van der Waals surface area contributed by atoms with Crippen LogP contribution >= 0.6 is 11.3 Å². The lowest BCUT2D eigenvalue weighted by Crippen LogP contribution is -2.60. The molecule has 0 aliphatic carbocycles. The molecule has 16 nitrogen and oxygen atoms in total. The summed E-state index contributed by atoms with van der Waals surface area (Å²) < 4.78 is 5.30. The fraction of sp³-hybridized carbons (Fsp3) is 0.236. The molecule has 6 aromatic rings. The number of aliphatic carboxylic acids is 1. The number of nitrogens with one attached hydrogen (secondary N) is 6. The zero-order valence-electron chi connectivity index (χ0n) is 39.2. The summed E-state index contributed by atoms with van der Waals surface area (Å²) in [6, 6.07) is 37.5. The molecule has 1 aromatic heterocycles. The molecule has 0 saturated carbocycles. The second-order valence-electron chi connectivity index (χ2n) is 17.3. The van der Waals surface area contributed by atoms with E-state index in [0.29, 0.717) is 27.1 Å². The number of amides is 6. The van der Waals surface area contributed by atoms with Gasteiger partial charge in [0.25, 0.3) is 5.91 Å². The first-order valence-corrected chi connectivity index (χ1v) is 24.2. The minimum absolute atomic E-state index is 0.0112. The predicted octanol–water partition coefficient (Wildman–Crippen LogP) is 4.71. The van der Waals surface area contributed by atoms with Gasteiger partial charge >= 0.3 is 11.9 Å². The van der Waals surface area contributed by atoms with Crippen LogP contribution in [0.15, 0.2) is 157 Å². The van der Waals surface area contributed by atoms with Crippen LogP contribution in [-0.2, 0) is 75.2 Å². The monoisotopic (exact) mass is 990 g/mol. The summed E-state index contributed by atoms with van der Waals surface area (Å²) in [4.78, 5) is 111. The van der Waals surface area contributed by atoms with Gasteiger partial charge in [0.1, 0.15) is 30.2 Å². The molecule has 72 heavy (non-hydrogen) atoms. The number of benzene rings is 5. The number of carboxylic acid groups (broad SMARTS) is 1. The number of ether oxygens (including phenoxy) is 1. The van der Waals surface area contributed by atoms with E-state index in [0.717, 1.165) is 18.1 Å². The number of carbonyl (C=O) groups is 8. The summed E-state index contributed by atoms with van der Waals surface area (Å²) >= 11 is 1.33. The number of hydrogen-bond acceptors (Lipinski definition) is 10. The lowest BCUT2D eigenvalue weighted by molar-refractivity contribution is -0.153. The van der Waals surface area contributed by atoms with Gasteiger partial charge < -0.3 is 41.7 Å². The molecule has 0 saturated heterocycles. The topological polar surface area (TPSA) is 238 Å². The lowest BCUT2D eigenvalue weighted by atomic mass is 9.98. The number of carboxylic acids is 1. The zero-order valence-corrected chi connectivity index (χ0v) is 40.1. The van der Waals surface area contributed by atoms with E-state index in [9.17, 15) is 43.5 Å². The van der Waals surface area contributed by atoms with Crippen LogP contribution in [0, 0.1) is 0 Å². The summed E-state index contributed by atoms with van der Waals surface area (Å²) in [7, 11) is 0. The van der Waals surface area contributed by atoms with Crippen LogP contribution in [0.1, 0.15) is 40.5 Å². The molecule has 3 heterocycles. The molecule has 17 heteroatoms. The molecule has 370 valence electrons. The first-order chi connectivity index (χ1) is 34.8. The Bertz CT molecular complexity index is 2830. The van der Waals surface area contributed by atoms with E-state index in [4.69, 9.17) is 4.74 Å². The summed E-state index contributed by atoms with van der Waals surface area (Å²) in [6.07, 6.45) is -2.66. The maximum atomic E-state index is 14.8. The second kappa shape index (κ2) is 24.9. The van der Waals surface area contributed by atoms with Crippen molar-refractivity contribution < 1.29 is 48.2 Å².